The fourth-order valence-electron chi connectivity index (χ4n) is 8.08. The number of fused-ring (bicyclic) bond motifs is 3. The van der Waals surface area contributed by atoms with Crippen LogP contribution in [-0.2, 0) is 0 Å². The van der Waals surface area contributed by atoms with Crippen molar-refractivity contribution in [3.8, 4) is 22.3 Å². The van der Waals surface area contributed by atoms with E-state index >= 15 is 0 Å². The second-order valence-corrected chi connectivity index (χ2v) is 17.4. The van der Waals surface area contributed by atoms with Crippen molar-refractivity contribution in [2.75, 3.05) is 9.80 Å². The van der Waals surface area contributed by atoms with Gasteiger partial charge in [0.2, 0.25) is 0 Å². The van der Waals surface area contributed by atoms with E-state index < -0.39 is 0 Å². The highest BCUT2D eigenvalue weighted by Crippen LogP contribution is 2.45. The molecule has 9 aromatic carbocycles. The van der Waals surface area contributed by atoms with Gasteiger partial charge in [-0.25, -0.2) is 0 Å². The molecule has 0 saturated heterocycles. The molecule has 0 aromatic heterocycles. The van der Waals surface area contributed by atoms with Gasteiger partial charge in [-0.15, -0.1) is 0 Å². The van der Waals surface area contributed by atoms with Gasteiger partial charge in [0.05, 0.1) is 10.1 Å². The Labute approximate surface area is 393 Å². The minimum atomic E-state index is 0.223. The Morgan fingerprint density at radius 2 is 0.621 bits per heavy atom. The lowest BCUT2D eigenvalue weighted by Crippen LogP contribution is -2.23. The van der Waals surface area contributed by atoms with E-state index in [0.717, 1.165) is 101 Å². The Hall–Kier alpha value is -8.04. The van der Waals surface area contributed by atoms with Crippen molar-refractivity contribution >= 4 is 100 Å². The van der Waals surface area contributed by atoms with E-state index in [0.29, 0.717) is 0 Å². The molecule has 0 aliphatic carbocycles. The van der Waals surface area contributed by atoms with Crippen LogP contribution < -0.4 is 9.80 Å². The largest absolute Gasteiger partial charge is 0.294 e. The summed E-state index contributed by atoms with van der Waals surface area (Å²) in [5.41, 5.74) is 9.76. The lowest BCUT2D eigenvalue weighted by molar-refractivity contribution is 1.33. The van der Waals surface area contributed by atoms with Crippen LogP contribution in [0.2, 0.25) is 0 Å². The highest BCUT2D eigenvalue weighted by Gasteiger charge is 2.20. The zero-order valence-corrected chi connectivity index (χ0v) is 37.4. The topological polar surface area (TPSA) is 102 Å². The Balaban J connectivity index is 1.07. The zero-order valence-electron chi connectivity index (χ0n) is 35.8. The van der Waals surface area contributed by atoms with Crippen molar-refractivity contribution in [3.63, 3.8) is 0 Å². The number of rotatable bonds is 10. The second-order valence-electron chi connectivity index (χ2n) is 15.3. The summed E-state index contributed by atoms with van der Waals surface area (Å²) in [6.45, 7) is 0. The van der Waals surface area contributed by atoms with E-state index in [1.807, 2.05) is 155 Å². The predicted octanol–water partition coefficient (Wildman–Crippen LogP) is 16.3. The van der Waals surface area contributed by atoms with E-state index in [9.17, 15) is 0 Å². The average Bonchev–Trinajstić information content (AvgIpc) is 3.36. The van der Waals surface area contributed by atoms with E-state index in [1.54, 1.807) is 12.2 Å². The molecular formula is C58H44N6S2. The first-order chi connectivity index (χ1) is 32.4. The molecule has 0 unspecified atom stereocenters. The van der Waals surface area contributed by atoms with Gasteiger partial charge in [0.1, 0.15) is 0 Å². The Kier molecular flexibility index (Phi) is 13.2. The number of hydrogen-bond donors (Lipinski definition) is 4. The summed E-state index contributed by atoms with van der Waals surface area (Å²) in [7, 11) is 0. The Bertz CT molecular complexity index is 2950. The highest BCUT2D eigenvalue weighted by atomic mass is 32.2. The number of amidine groups is 2. The van der Waals surface area contributed by atoms with Crippen LogP contribution in [0.4, 0.5) is 22.7 Å². The third-order valence-corrected chi connectivity index (χ3v) is 12.5. The molecule has 9 aromatic rings. The lowest BCUT2D eigenvalue weighted by atomic mass is 9.84. The van der Waals surface area contributed by atoms with Crippen LogP contribution in [0.1, 0.15) is 11.1 Å². The fourth-order valence-corrected chi connectivity index (χ4v) is 9.37. The summed E-state index contributed by atoms with van der Waals surface area (Å²) < 4.78 is 0. The van der Waals surface area contributed by atoms with Crippen molar-refractivity contribution in [3.05, 3.63) is 242 Å². The summed E-state index contributed by atoms with van der Waals surface area (Å²) in [6.07, 6.45) is 7.42. The van der Waals surface area contributed by atoms with Gasteiger partial charge >= 0.3 is 0 Å². The van der Waals surface area contributed by atoms with Gasteiger partial charge in [-0.2, -0.15) is 0 Å². The van der Waals surface area contributed by atoms with Gasteiger partial charge in [0.15, 0.2) is 10.3 Å². The first-order valence-corrected chi connectivity index (χ1v) is 23.1. The maximum atomic E-state index is 9.11. The van der Waals surface area contributed by atoms with Crippen molar-refractivity contribution in [1.29, 1.82) is 21.6 Å². The molecule has 0 atom stereocenters. The Morgan fingerprint density at radius 1 is 0.333 bits per heavy atom. The molecule has 0 amide bonds. The molecule has 0 aliphatic rings. The normalized spacial score (nSPS) is 11.3. The highest BCUT2D eigenvalue weighted by molar-refractivity contribution is 8.27. The van der Waals surface area contributed by atoms with Crippen LogP contribution in [0, 0.1) is 21.6 Å². The first-order valence-electron chi connectivity index (χ1n) is 21.4. The maximum Gasteiger partial charge on any atom is 0.171 e. The van der Waals surface area contributed by atoms with Crippen molar-refractivity contribution in [2.45, 2.75) is 0 Å². The third kappa shape index (κ3) is 9.71. The molecule has 0 saturated carbocycles. The second kappa shape index (κ2) is 20.2. The lowest BCUT2D eigenvalue weighted by Gasteiger charge is -2.24. The standard InChI is InChI=1S/C58H44N6S2/c59-53(65-57(61)63(45-23-11-3-12-24-45)46-25-13-4-14-26-46)37-33-41-31-35-49-51(39-41)52-40-42(32-36-50(52)56(44-21-9-2-10-22-44)55(49)43-19-7-1-8-20-43)34-38-54(60)66-58(62)64(47-27-15-5-16-28-47)48-29-17-6-18-30-48/h1-40,59-62H/b37-33+,38-34+,59-53?,60-54?,61-57?,62-58?. The smallest absolute Gasteiger partial charge is 0.171 e. The van der Waals surface area contributed by atoms with Gasteiger partial charge in [0, 0.05) is 22.7 Å². The molecule has 0 bridgehead atoms. The quantitative estimate of drug-likeness (QED) is 0.0624. The molecule has 8 heteroatoms. The van der Waals surface area contributed by atoms with Crippen LogP contribution in [0.15, 0.2) is 231 Å². The molecule has 4 N–H and O–H groups in total. The van der Waals surface area contributed by atoms with Gasteiger partial charge in [-0.05, 0) is 151 Å². The monoisotopic (exact) mass is 888 g/mol. The van der Waals surface area contributed by atoms with E-state index in [1.165, 1.54) is 0 Å². The van der Waals surface area contributed by atoms with E-state index in [2.05, 4.69) is 84.9 Å². The summed E-state index contributed by atoms with van der Waals surface area (Å²) in [6, 6.07) is 73.2. The van der Waals surface area contributed by atoms with Crippen LogP contribution in [-0.4, -0.2) is 20.4 Å². The van der Waals surface area contributed by atoms with Crippen molar-refractivity contribution in [2.24, 2.45) is 0 Å². The van der Waals surface area contributed by atoms with E-state index in [4.69, 9.17) is 21.6 Å². The SMILES string of the molecule is N=C(/C=C/c1ccc2c(-c3ccccc3)c(-c3ccccc3)c3ccc(/C=C/C(=N)SC(=N)N(c4ccccc4)c4ccccc4)cc3c2c1)SC(=N)N(c1ccccc1)c1ccccc1. The number of benzene rings is 9. The Morgan fingerprint density at radius 3 is 0.924 bits per heavy atom. The van der Waals surface area contributed by atoms with Gasteiger partial charge in [-0.1, -0.05) is 170 Å². The number of anilines is 4. The molecule has 6 nitrogen and oxygen atoms in total. The maximum absolute atomic E-state index is 9.11. The van der Waals surface area contributed by atoms with Crippen LogP contribution in [0.5, 0.6) is 0 Å². The minimum absolute atomic E-state index is 0.223. The minimum Gasteiger partial charge on any atom is -0.294 e. The third-order valence-electron chi connectivity index (χ3n) is 11.0. The van der Waals surface area contributed by atoms with Gasteiger partial charge < -0.3 is 0 Å². The first kappa shape index (κ1) is 43.2. The summed E-state index contributed by atoms with van der Waals surface area (Å²) in [4.78, 5) is 3.70. The van der Waals surface area contributed by atoms with Gasteiger partial charge in [-0.3, -0.25) is 31.4 Å². The molecule has 66 heavy (non-hydrogen) atoms. The molecule has 0 aliphatic heterocycles. The zero-order chi connectivity index (χ0) is 45.2. The number of thioether (sulfide) groups is 2. The van der Waals surface area contributed by atoms with Crippen LogP contribution in [0.3, 0.4) is 0 Å². The van der Waals surface area contributed by atoms with Gasteiger partial charge in [0.25, 0.3) is 0 Å². The summed E-state index contributed by atoms with van der Waals surface area (Å²) in [5.74, 6) is 0. The van der Waals surface area contributed by atoms with Crippen LogP contribution >= 0.6 is 23.5 Å². The number of nitrogens with zero attached hydrogens (tertiary/aromatic N) is 2. The number of para-hydroxylation sites is 4. The number of nitrogens with one attached hydrogen (secondary N) is 4. The summed E-state index contributed by atoms with van der Waals surface area (Å²) >= 11 is 2.20. The number of hydrogen-bond acceptors (Lipinski definition) is 6. The predicted molar refractivity (Wildman–Crippen MR) is 287 cm³/mol. The molecule has 0 fully saturated rings. The molecule has 0 heterocycles. The fraction of sp³-hybridized carbons (Fsp3) is 0. The average molecular weight is 889 g/mol. The van der Waals surface area contributed by atoms with Crippen molar-refractivity contribution in [1.82, 2.24) is 0 Å². The molecule has 9 rings (SSSR count). The van der Waals surface area contributed by atoms with E-state index in [-0.39, 0.29) is 20.4 Å². The molecular weight excluding hydrogens is 845 g/mol. The molecule has 0 spiro atoms. The van der Waals surface area contributed by atoms with Crippen molar-refractivity contribution < 1.29 is 0 Å². The molecule has 0 radical (unpaired) electrons. The molecule has 318 valence electrons. The summed E-state index contributed by atoms with van der Waals surface area (Å²) in [5, 5.41) is 41.4. The van der Waals surface area contributed by atoms with Crippen LogP contribution in [0.25, 0.3) is 56.0 Å².